The summed E-state index contributed by atoms with van der Waals surface area (Å²) in [5, 5.41) is 3.30. The van der Waals surface area contributed by atoms with Crippen molar-refractivity contribution in [2.45, 2.75) is 27.3 Å². The number of sulfonamides is 1. The van der Waals surface area contributed by atoms with E-state index in [4.69, 9.17) is 11.6 Å². The minimum atomic E-state index is -3.73. The Balaban J connectivity index is 1.76. The number of amides is 1. The molecule has 2 aromatic rings. The number of benzene rings is 2. The fourth-order valence-corrected chi connectivity index (χ4v) is 4.73. The molecule has 0 fully saturated rings. The Bertz CT molecular complexity index is 1140. The van der Waals surface area contributed by atoms with Crippen molar-refractivity contribution in [1.82, 2.24) is 10.0 Å². The van der Waals surface area contributed by atoms with Gasteiger partial charge in [0.25, 0.3) is 10.0 Å². The summed E-state index contributed by atoms with van der Waals surface area (Å²) in [5.74, 6) is -0.143. The van der Waals surface area contributed by atoms with Crippen molar-refractivity contribution in [3.05, 3.63) is 75.3 Å². The summed E-state index contributed by atoms with van der Waals surface area (Å²) < 4.78 is 27.7. The number of carbonyl (C=O) groups is 1. The molecule has 2 N–H and O–H groups in total. The highest BCUT2D eigenvalue weighted by Crippen LogP contribution is 2.30. The van der Waals surface area contributed by atoms with Gasteiger partial charge in [-0.15, -0.1) is 0 Å². The molecular weight excluding hydrogens is 410 g/mol. The van der Waals surface area contributed by atoms with E-state index in [1.807, 2.05) is 44.2 Å². The molecule has 152 valence electrons. The molecule has 0 saturated carbocycles. The largest absolute Gasteiger partial charge is 0.350 e. The molecule has 1 aliphatic rings. The van der Waals surface area contributed by atoms with E-state index >= 15 is 0 Å². The topological polar surface area (TPSA) is 87.6 Å². The van der Waals surface area contributed by atoms with E-state index in [-0.39, 0.29) is 29.7 Å². The van der Waals surface area contributed by atoms with Crippen molar-refractivity contribution < 1.29 is 13.2 Å². The first-order valence-corrected chi connectivity index (χ1v) is 10.9. The van der Waals surface area contributed by atoms with E-state index in [2.05, 4.69) is 15.0 Å². The molecule has 1 amide bonds. The van der Waals surface area contributed by atoms with Crippen molar-refractivity contribution >= 4 is 38.3 Å². The summed E-state index contributed by atoms with van der Waals surface area (Å²) >= 11 is 6.07. The number of hydrogen-bond donors (Lipinski definition) is 2. The number of carbonyl (C=O) groups excluding carboxylic acids is 1. The highest BCUT2D eigenvalue weighted by molar-refractivity contribution is 8.00. The maximum atomic E-state index is 12.6. The van der Waals surface area contributed by atoms with Crippen LogP contribution in [-0.2, 0) is 21.4 Å². The van der Waals surface area contributed by atoms with Crippen LogP contribution in [0.15, 0.2) is 53.0 Å². The molecule has 0 aromatic heterocycles. The lowest BCUT2D eigenvalue weighted by molar-refractivity contribution is -0.119. The lowest BCUT2D eigenvalue weighted by Crippen LogP contribution is -2.28. The second kappa shape index (κ2) is 8.39. The average molecular weight is 432 g/mol. The maximum absolute atomic E-state index is 12.6. The highest BCUT2D eigenvalue weighted by atomic mass is 35.5. The predicted molar refractivity (Wildman–Crippen MR) is 116 cm³/mol. The van der Waals surface area contributed by atoms with E-state index in [0.717, 1.165) is 16.7 Å². The second-order valence-corrected chi connectivity index (χ2v) is 8.92. The minimum absolute atomic E-state index is 0.186. The van der Waals surface area contributed by atoms with Gasteiger partial charge in [0.2, 0.25) is 5.91 Å². The van der Waals surface area contributed by atoms with Crippen LogP contribution in [-0.4, -0.2) is 26.7 Å². The van der Waals surface area contributed by atoms with Gasteiger partial charge < -0.3 is 5.32 Å². The van der Waals surface area contributed by atoms with Gasteiger partial charge in [0.1, 0.15) is 17.3 Å². The molecule has 2 aromatic carbocycles. The molecule has 0 unspecified atom stereocenters. The molecule has 1 aliphatic heterocycles. The molecule has 8 heteroatoms. The monoisotopic (exact) mass is 431 g/mol. The summed E-state index contributed by atoms with van der Waals surface area (Å²) in [7, 11) is -3.73. The van der Waals surface area contributed by atoms with Crippen LogP contribution in [0.1, 0.15) is 29.2 Å². The van der Waals surface area contributed by atoms with Crippen molar-refractivity contribution in [1.29, 1.82) is 0 Å². The van der Waals surface area contributed by atoms with Crippen molar-refractivity contribution in [3.63, 3.8) is 0 Å². The lowest BCUT2D eigenvalue weighted by Gasteiger charge is -2.06. The van der Waals surface area contributed by atoms with Gasteiger partial charge in [0.15, 0.2) is 0 Å². The van der Waals surface area contributed by atoms with Crippen LogP contribution < -0.4 is 10.0 Å². The van der Waals surface area contributed by atoms with Gasteiger partial charge in [-0.25, -0.2) is 8.42 Å². The first-order chi connectivity index (χ1) is 13.7. The fourth-order valence-electron chi connectivity index (χ4n) is 3.01. The summed E-state index contributed by atoms with van der Waals surface area (Å²) in [6.07, 6.45) is 0. The number of rotatable bonds is 5. The van der Waals surface area contributed by atoms with Gasteiger partial charge in [-0.2, -0.15) is 0 Å². The zero-order chi connectivity index (χ0) is 21.2. The number of amidine groups is 1. The van der Waals surface area contributed by atoms with Crippen LogP contribution >= 0.6 is 11.6 Å². The normalized spacial score (nSPS) is 16.8. The molecule has 0 aliphatic carbocycles. The zero-order valence-corrected chi connectivity index (χ0v) is 18.0. The van der Waals surface area contributed by atoms with Gasteiger partial charge in [0, 0.05) is 17.1 Å². The second-order valence-electron chi connectivity index (χ2n) is 6.89. The van der Waals surface area contributed by atoms with E-state index < -0.39 is 10.0 Å². The minimum Gasteiger partial charge on any atom is -0.350 e. The molecule has 0 bridgehead atoms. The number of aryl methyl sites for hydroxylation is 2. The Morgan fingerprint density at radius 3 is 2.52 bits per heavy atom. The molecule has 1 heterocycles. The van der Waals surface area contributed by atoms with Crippen LogP contribution in [0.5, 0.6) is 0 Å². The smallest absolute Gasteiger partial charge is 0.264 e. The third-order valence-corrected chi connectivity index (χ3v) is 6.69. The van der Waals surface area contributed by atoms with Gasteiger partial charge >= 0.3 is 0 Å². The number of nitrogens with one attached hydrogen (secondary N) is 2. The lowest BCUT2D eigenvalue weighted by atomic mass is 10.0. The number of aliphatic imine (C=N–C) groups is 1. The number of nitrogens with zero attached hydrogens (tertiary/aromatic N) is 1. The Hall–Kier alpha value is -2.64. The summed E-state index contributed by atoms with van der Waals surface area (Å²) in [6.45, 7) is 5.66. The van der Waals surface area contributed by atoms with Crippen molar-refractivity contribution in [3.8, 4) is 0 Å². The quantitative estimate of drug-likeness (QED) is 0.761. The van der Waals surface area contributed by atoms with Gasteiger partial charge in [-0.05, 0) is 49.1 Å². The third-order valence-electron chi connectivity index (χ3n) is 4.78. The Morgan fingerprint density at radius 2 is 1.83 bits per heavy atom. The van der Waals surface area contributed by atoms with Crippen LogP contribution in [0.3, 0.4) is 0 Å². The molecule has 29 heavy (non-hydrogen) atoms. The highest BCUT2D eigenvalue weighted by Gasteiger charge is 2.32. The van der Waals surface area contributed by atoms with Gasteiger partial charge in [-0.3, -0.25) is 14.5 Å². The van der Waals surface area contributed by atoms with Crippen LogP contribution in [0, 0.1) is 13.8 Å². The standard InChI is InChI=1S/C21H22ClN3O3S/c1-13-8-9-16(10-14(13)2)20-15(3)21(25-29(20,27)28)24-12-19(26)23-11-17-6-4-5-7-18(17)22/h4-10H,11-12H2,1-3H3,(H,23,26)(H,24,25). The van der Waals surface area contributed by atoms with Crippen molar-refractivity contribution in [2.24, 2.45) is 4.99 Å². The summed E-state index contributed by atoms with van der Waals surface area (Å²) in [4.78, 5) is 16.5. The molecule has 0 saturated heterocycles. The van der Waals surface area contributed by atoms with E-state index in [1.165, 1.54) is 0 Å². The van der Waals surface area contributed by atoms with Crippen LogP contribution in [0.2, 0.25) is 5.02 Å². The van der Waals surface area contributed by atoms with E-state index in [0.29, 0.717) is 16.2 Å². The molecule has 3 rings (SSSR count). The SMILES string of the molecule is CC1=C(c2ccc(C)c(C)c2)S(=O)(=O)NC1=NCC(=O)NCc1ccccc1Cl. The van der Waals surface area contributed by atoms with Crippen LogP contribution in [0.25, 0.3) is 4.91 Å². The predicted octanol–water partition coefficient (Wildman–Crippen LogP) is 3.34. The first-order valence-electron chi connectivity index (χ1n) is 9.05. The van der Waals surface area contributed by atoms with Gasteiger partial charge in [-0.1, -0.05) is 48.0 Å². The van der Waals surface area contributed by atoms with Crippen LogP contribution in [0.4, 0.5) is 0 Å². The Labute approximate surface area is 175 Å². The molecular formula is C21H22ClN3O3S. The first kappa shape index (κ1) is 21.1. The number of hydrogen-bond acceptors (Lipinski definition) is 4. The zero-order valence-electron chi connectivity index (χ0n) is 16.4. The Kier molecular flexibility index (Phi) is 6.10. The molecule has 0 radical (unpaired) electrons. The number of halogens is 1. The fraction of sp³-hybridized carbons (Fsp3) is 0.238. The van der Waals surface area contributed by atoms with Gasteiger partial charge in [0.05, 0.1) is 0 Å². The molecule has 0 spiro atoms. The third kappa shape index (κ3) is 4.68. The van der Waals surface area contributed by atoms with Crippen molar-refractivity contribution in [2.75, 3.05) is 6.54 Å². The van der Waals surface area contributed by atoms with E-state index in [9.17, 15) is 13.2 Å². The average Bonchev–Trinajstić information content (AvgIpc) is 2.90. The molecule has 6 nitrogen and oxygen atoms in total. The molecule has 0 atom stereocenters. The van der Waals surface area contributed by atoms with E-state index in [1.54, 1.807) is 19.1 Å². The summed E-state index contributed by atoms with van der Waals surface area (Å²) in [5.41, 5.74) is 3.98. The summed E-state index contributed by atoms with van der Waals surface area (Å²) in [6, 6.07) is 12.7. The Morgan fingerprint density at radius 1 is 1.10 bits per heavy atom. The maximum Gasteiger partial charge on any atom is 0.264 e.